The first-order chi connectivity index (χ1) is 20.2. The lowest BCUT2D eigenvalue weighted by Gasteiger charge is -2.32. The molecule has 42 heavy (non-hydrogen) atoms. The van der Waals surface area contributed by atoms with E-state index in [9.17, 15) is 13.6 Å². The Bertz CT molecular complexity index is 1300. The van der Waals surface area contributed by atoms with Crippen LogP contribution in [0.2, 0.25) is 5.02 Å². The summed E-state index contributed by atoms with van der Waals surface area (Å²) in [5, 5.41) is 3.61. The van der Waals surface area contributed by atoms with E-state index in [0.717, 1.165) is 77.4 Å². The van der Waals surface area contributed by atoms with E-state index in [2.05, 4.69) is 44.1 Å². The number of ether oxygens (including phenoxy) is 2. The van der Waals surface area contributed by atoms with Crippen molar-refractivity contribution in [2.45, 2.75) is 64.0 Å². The Kier molecular flexibility index (Phi) is 9.98. The van der Waals surface area contributed by atoms with E-state index in [4.69, 9.17) is 16.3 Å². The third kappa shape index (κ3) is 8.90. The lowest BCUT2D eigenvalue weighted by Crippen LogP contribution is -2.44. The van der Waals surface area contributed by atoms with Gasteiger partial charge in [-0.15, -0.1) is 0 Å². The zero-order valence-corrected chi connectivity index (χ0v) is 24.7. The number of piperidine rings is 2. The number of rotatable bonds is 10. The van der Waals surface area contributed by atoms with E-state index in [0.29, 0.717) is 16.3 Å². The van der Waals surface area contributed by atoms with Crippen molar-refractivity contribution < 1.29 is 23.0 Å². The minimum Gasteiger partial charge on any atom is -0.489 e. The molecule has 3 aromatic rings. The molecule has 0 bridgehead atoms. The van der Waals surface area contributed by atoms with E-state index < -0.39 is 6.11 Å². The van der Waals surface area contributed by atoms with Gasteiger partial charge in [-0.2, -0.15) is 8.78 Å². The smallest absolute Gasteiger partial charge is 0.394 e. The van der Waals surface area contributed by atoms with E-state index >= 15 is 0 Å². The Labute approximate surface area is 251 Å². The zero-order chi connectivity index (χ0) is 29.5. The molecular weight excluding hydrogens is 560 g/mol. The molecule has 2 aliphatic rings. The van der Waals surface area contributed by atoms with Crippen LogP contribution in [0.4, 0.5) is 8.78 Å². The highest BCUT2D eigenvalue weighted by Gasteiger charge is 2.25. The van der Waals surface area contributed by atoms with Gasteiger partial charge in [0.2, 0.25) is 0 Å². The van der Waals surface area contributed by atoms with Gasteiger partial charge in [-0.3, -0.25) is 14.6 Å². The van der Waals surface area contributed by atoms with Crippen LogP contribution in [-0.2, 0) is 13.1 Å². The van der Waals surface area contributed by atoms with Gasteiger partial charge < -0.3 is 14.8 Å². The van der Waals surface area contributed by atoms with Crippen molar-refractivity contribution >= 4 is 17.5 Å². The van der Waals surface area contributed by atoms with Crippen LogP contribution in [0.25, 0.3) is 0 Å². The van der Waals surface area contributed by atoms with Gasteiger partial charge in [-0.25, -0.2) is 0 Å². The Morgan fingerprint density at radius 2 is 1.48 bits per heavy atom. The van der Waals surface area contributed by atoms with Crippen LogP contribution in [0, 0.1) is 0 Å². The van der Waals surface area contributed by atoms with Crippen LogP contribution in [0.1, 0.15) is 54.1 Å². The second-order valence-corrected chi connectivity index (χ2v) is 11.7. The summed E-state index contributed by atoms with van der Waals surface area (Å²) in [6.07, 6.45) is 0.352. The van der Waals surface area contributed by atoms with Gasteiger partial charge in [-0.05, 0) is 67.1 Å². The number of halogens is 3. The second-order valence-electron chi connectivity index (χ2n) is 11.3. The number of carbonyl (C=O) groups excluding carboxylic acids is 1. The number of benzene rings is 3. The summed E-state index contributed by atoms with van der Waals surface area (Å²) in [6, 6.07) is 22.6. The minimum absolute atomic E-state index is 0.0297. The molecule has 0 spiro atoms. The van der Waals surface area contributed by atoms with Crippen LogP contribution in [-0.4, -0.2) is 60.1 Å². The summed E-state index contributed by atoms with van der Waals surface area (Å²) < 4.78 is 36.9. The number of amides is 1. The van der Waals surface area contributed by atoms with Gasteiger partial charge in [0.1, 0.15) is 17.6 Å². The van der Waals surface area contributed by atoms with Gasteiger partial charge >= 0.3 is 6.11 Å². The van der Waals surface area contributed by atoms with Gasteiger partial charge in [0.15, 0.2) is 0 Å². The largest absolute Gasteiger partial charge is 0.489 e. The molecule has 6 nitrogen and oxygen atoms in total. The number of nitrogens with one attached hydrogen (secondary N) is 1. The fourth-order valence-corrected chi connectivity index (χ4v) is 5.80. The molecule has 0 aromatic heterocycles. The number of alkyl halides is 2. The first kappa shape index (κ1) is 30.3. The second kappa shape index (κ2) is 13.8. The van der Waals surface area contributed by atoms with Gasteiger partial charge in [0, 0.05) is 57.8 Å². The van der Waals surface area contributed by atoms with Crippen molar-refractivity contribution in [3.63, 3.8) is 0 Å². The molecule has 1 N–H and O–H groups in total. The van der Waals surface area contributed by atoms with Crippen molar-refractivity contribution in [2.24, 2.45) is 0 Å². The topological polar surface area (TPSA) is 54.0 Å². The lowest BCUT2D eigenvalue weighted by atomic mass is 10.0. The van der Waals surface area contributed by atoms with Gasteiger partial charge in [0.25, 0.3) is 5.91 Å². The number of nitrogens with zero attached hydrogens (tertiary/aromatic N) is 2. The standard InChI is InChI=1S/C33H38ClF2N3O3/c1-33(35,36)42-29-10-7-25(8-11-29)23-39-19-15-28(16-20-39)41-31-12-9-26(21-30(31)34)32(40)37-27-13-17-38(18-14-27)22-24-5-3-2-4-6-24/h2-12,21,27-28H,13-20,22-23H2,1H3,(H,37,40). The maximum atomic E-state index is 13.0. The Morgan fingerprint density at radius 1 is 0.881 bits per heavy atom. The van der Waals surface area contributed by atoms with E-state index in [-0.39, 0.29) is 23.8 Å². The molecular formula is C33H38ClF2N3O3. The summed E-state index contributed by atoms with van der Waals surface area (Å²) in [5.74, 6) is 0.629. The first-order valence-electron chi connectivity index (χ1n) is 14.6. The normalized spacial score (nSPS) is 17.6. The van der Waals surface area contributed by atoms with Gasteiger partial charge in [0.05, 0.1) is 5.02 Å². The monoisotopic (exact) mass is 597 g/mol. The van der Waals surface area contributed by atoms with Crippen molar-refractivity contribution in [1.29, 1.82) is 0 Å². The number of carbonyl (C=O) groups is 1. The average molecular weight is 598 g/mol. The summed E-state index contributed by atoms with van der Waals surface area (Å²) in [4.78, 5) is 17.7. The summed E-state index contributed by atoms with van der Waals surface area (Å²) >= 11 is 6.54. The third-order valence-corrected chi connectivity index (χ3v) is 8.12. The highest BCUT2D eigenvalue weighted by Crippen LogP contribution is 2.29. The predicted molar refractivity (Wildman–Crippen MR) is 160 cm³/mol. The highest BCUT2D eigenvalue weighted by atomic mass is 35.5. The predicted octanol–water partition coefficient (Wildman–Crippen LogP) is 6.77. The van der Waals surface area contributed by atoms with Crippen molar-refractivity contribution in [3.05, 3.63) is 94.5 Å². The fraction of sp³-hybridized carbons (Fsp3) is 0.424. The van der Waals surface area contributed by atoms with Gasteiger partial charge in [-0.1, -0.05) is 54.1 Å². The molecule has 0 radical (unpaired) electrons. The van der Waals surface area contributed by atoms with Crippen molar-refractivity contribution in [3.8, 4) is 11.5 Å². The molecule has 224 valence electrons. The molecule has 0 unspecified atom stereocenters. The molecule has 0 atom stereocenters. The highest BCUT2D eigenvalue weighted by molar-refractivity contribution is 6.32. The molecule has 5 rings (SSSR count). The summed E-state index contributed by atoms with van der Waals surface area (Å²) in [6.45, 7) is 5.99. The lowest BCUT2D eigenvalue weighted by molar-refractivity contribution is -0.158. The van der Waals surface area contributed by atoms with E-state index in [1.54, 1.807) is 30.3 Å². The molecule has 3 aromatic carbocycles. The first-order valence-corrected chi connectivity index (χ1v) is 15.0. The molecule has 1 amide bonds. The molecule has 2 aliphatic heterocycles. The average Bonchev–Trinajstić information content (AvgIpc) is 2.97. The molecule has 2 fully saturated rings. The van der Waals surface area contributed by atoms with Crippen LogP contribution in [0.5, 0.6) is 11.5 Å². The van der Waals surface area contributed by atoms with E-state index in [1.165, 1.54) is 5.56 Å². The Hall–Kier alpha value is -3.20. The van der Waals surface area contributed by atoms with Crippen LogP contribution < -0.4 is 14.8 Å². The SMILES string of the molecule is CC(F)(F)Oc1ccc(CN2CCC(Oc3ccc(C(=O)NC4CCN(Cc5ccccc5)CC4)cc3Cl)CC2)cc1. The number of hydrogen-bond acceptors (Lipinski definition) is 5. The van der Waals surface area contributed by atoms with Crippen LogP contribution in [0.15, 0.2) is 72.8 Å². The molecule has 0 aliphatic carbocycles. The van der Waals surface area contributed by atoms with Crippen LogP contribution in [0.3, 0.4) is 0 Å². The van der Waals surface area contributed by atoms with Crippen molar-refractivity contribution in [1.82, 2.24) is 15.1 Å². The van der Waals surface area contributed by atoms with E-state index in [1.807, 2.05) is 18.2 Å². The fourth-order valence-electron chi connectivity index (χ4n) is 5.58. The Balaban J connectivity index is 1.04. The third-order valence-electron chi connectivity index (χ3n) is 7.82. The van der Waals surface area contributed by atoms with Crippen LogP contribution >= 0.6 is 11.6 Å². The maximum Gasteiger partial charge on any atom is 0.394 e. The molecule has 9 heteroatoms. The summed E-state index contributed by atoms with van der Waals surface area (Å²) in [5.41, 5.74) is 2.88. The zero-order valence-electron chi connectivity index (χ0n) is 23.9. The number of hydrogen-bond donors (Lipinski definition) is 1. The van der Waals surface area contributed by atoms with Crippen molar-refractivity contribution in [2.75, 3.05) is 26.2 Å². The number of likely N-dealkylation sites (tertiary alicyclic amines) is 2. The summed E-state index contributed by atoms with van der Waals surface area (Å²) in [7, 11) is 0. The minimum atomic E-state index is -3.19. The Morgan fingerprint density at radius 3 is 2.07 bits per heavy atom. The maximum absolute atomic E-state index is 13.0. The molecule has 0 saturated carbocycles. The molecule has 2 saturated heterocycles. The quantitative estimate of drug-likeness (QED) is 0.280. The molecule has 2 heterocycles.